The van der Waals surface area contributed by atoms with E-state index < -0.39 is 34.8 Å². The van der Waals surface area contributed by atoms with Gasteiger partial charge in [-0.25, -0.2) is 4.79 Å². The number of rotatable bonds is 20. The van der Waals surface area contributed by atoms with Crippen LogP contribution < -0.4 is 32.2 Å². The van der Waals surface area contributed by atoms with Crippen molar-refractivity contribution in [3.63, 3.8) is 0 Å². The van der Waals surface area contributed by atoms with Crippen molar-refractivity contribution in [2.24, 2.45) is 17.1 Å². The van der Waals surface area contributed by atoms with Gasteiger partial charge in [-0.3, -0.25) is 14.4 Å². The summed E-state index contributed by atoms with van der Waals surface area (Å²) >= 11 is 5.32. The molecule has 11 nitrogen and oxygen atoms in total. The number of unbranched alkanes of at least 4 members (excludes halogenated alkanes) is 2. The van der Waals surface area contributed by atoms with Gasteiger partial charge >= 0.3 is 5.82 Å². The van der Waals surface area contributed by atoms with Crippen LogP contribution in [-0.4, -0.2) is 40.3 Å². The second kappa shape index (κ2) is 18.0. The van der Waals surface area contributed by atoms with Gasteiger partial charge in [0, 0.05) is 23.8 Å². The van der Waals surface area contributed by atoms with Crippen LogP contribution in [-0.2, 0) is 27.4 Å². The van der Waals surface area contributed by atoms with Gasteiger partial charge in [0.15, 0.2) is 11.5 Å². The molecule has 2 rings (SSSR count). The molecule has 0 spiro atoms. The molecule has 5 N–H and O–H groups in total. The molecule has 4 atom stereocenters. The summed E-state index contributed by atoms with van der Waals surface area (Å²) in [6.45, 7) is 15.4. The first-order chi connectivity index (χ1) is 22.0. The van der Waals surface area contributed by atoms with E-state index in [0.29, 0.717) is 41.5 Å². The molecule has 0 fully saturated rings. The summed E-state index contributed by atoms with van der Waals surface area (Å²) in [4.78, 5) is 52.1. The average molecular weight is 675 g/mol. The summed E-state index contributed by atoms with van der Waals surface area (Å²) in [6.07, 6.45) is 5.00. The lowest BCUT2D eigenvalue weighted by Gasteiger charge is -2.38. The first kappa shape index (κ1) is 39.5. The molecule has 47 heavy (non-hydrogen) atoms. The summed E-state index contributed by atoms with van der Waals surface area (Å²) < 4.78 is 15.6. The Morgan fingerprint density at radius 3 is 2.19 bits per heavy atom. The molecule has 3 amide bonds. The number of amides is 3. The van der Waals surface area contributed by atoms with Crippen LogP contribution >= 0.6 is 12.2 Å². The lowest BCUT2D eigenvalue weighted by molar-refractivity contribution is -0.133. The Bertz CT molecular complexity index is 1400. The molecule has 0 saturated carbocycles. The normalized spacial score (nSPS) is 14.7. The Hall–Kier alpha value is -3.67. The molecule has 0 radical (unpaired) electrons. The predicted octanol–water partition coefficient (Wildman–Crippen LogP) is 5.25. The minimum atomic E-state index is -0.913. The third kappa shape index (κ3) is 12.5. The quantitative estimate of drug-likeness (QED) is 0.108. The van der Waals surface area contributed by atoms with Crippen molar-refractivity contribution in [1.29, 1.82) is 0 Å². The molecule has 4 unspecified atom stereocenters. The summed E-state index contributed by atoms with van der Waals surface area (Å²) in [6, 6.07) is 5.32. The molecular formula is C35H54N4O7S. The Balaban J connectivity index is 2.23. The second-order valence-corrected chi connectivity index (χ2v) is 13.8. The maximum Gasteiger partial charge on any atom is 0.519 e. The lowest BCUT2D eigenvalue weighted by Crippen LogP contribution is -2.59. The summed E-state index contributed by atoms with van der Waals surface area (Å²) in [5.41, 5.74) is 5.73. The second-order valence-electron chi connectivity index (χ2n) is 13.3. The molecule has 0 bridgehead atoms. The van der Waals surface area contributed by atoms with Crippen molar-refractivity contribution in [1.82, 2.24) is 16.0 Å². The standard InChI is InChI=1S/C35H54N4O7S/c1-9-12-13-14-28(40)37-26(19-24-15-17-25(18-16-24)44-20-27-23(5)45-33(43)46-27)30(41)38-29(22(4)10-2)31(42)39-34(6,7)21-35(8,11-3)32(36)47/h15-18,22,26,29H,9-14,19-21H2,1-8H3,(H2,36,47)(H,37,40)(H,38,41)(H,39,42). The van der Waals surface area contributed by atoms with E-state index in [0.717, 1.165) is 31.2 Å². The van der Waals surface area contributed by atoms with Crippen molar-refractivity contribution >= 4 is 34.9 Å². The number of thiocarbonyl (C=S) groups is 1. The predicted molar refractivity (Wildman–Crippen MR) is 186 cm³/mol. The molecule has 0 saturated heterocycles. The van der Waals surface area contributed by atoms with E-state index in [1.807, 2.05) is 41.5 Å². The Morgan fingerprint density at radius 2 is 1.66 bits per heavy atom. The van der Waals surface area contributed by atoms with Gasteiger partial charge in [0.2, 0.25) is 17.7 Å². The molecule has 0 aliphatic carbocycles. The fraction of sp³-hybridized carbons (Fsp3) is 0.629. The molecule has 1 heterocycles. The highest BCUT2D eigenvalue weighted by atomic mass is 32.1. The number of ether oxygens (including phenoxy) is 1. The first-order valence-corrected chi connectivity index (χ1v) is 17.0. The van der Waals surface area contributed by atoms with E-state index in [1.54, 1.807) is 31.2 Å². The average Bonchev–Trinajstić information content (AvgIpc) is 3.34. The number of nitrogens with two attached hydrogens (primary N) is 1. The van der Waals surface area contributed by atoms with Crippen molar-refractivity contribution in [2.45, 2.75) is 131 Å². The number of hydrogen-bond acceptors (Lipinski definition) is 8. The molecule has 262 valence electrons. The van der Waals surface area contributed by atoms with Crippen LogP contribution in [0.25, 0.3) is 0 Å². The topological polar surface area (TPSA) is 166 Å². The zero-order valence-electron chi connectivity index (χ0n) is 29.2. The largest absolute Gasteiger partial charge is 0.519 e. The molecular weight excluding hydrogens is 620 g/mol. The van der Waals surface area contributed by atoms with Crippen molar-refractivity contribution in [3.05, 3.63) is 52.0 Å². The van der Waals surface area contributed by atoms with Crippen LogP contribution in [0.2, 0.25) is 0 Å². The summed E-state index contributed by atoms with van der Waals surface area (Å²) in [5, 5.41) is 8.97. The highest BCUT2D eigenvalue weighted by molar-refractivity contribution is 7.80. The van der Waals surface area contributed by atoms with Gasteiger partial charge in [-0.05, 0) is 63.6 Å². The van der Waals surface area contributed by atoms with E-state index in [1.165, 1.54) is 0 Å². The van der Waals surface area contributed by atoms with Crippen molar-refractivity contribution in [3.8, 4) is 5.75 Å². The van der Waals surface area contributed by atoms with E-state index in [2.05, 4.69) is 22.9 Å². The third-order valence-corrected chi connectivity index (χ3v) is 9.18. The molecule has 12 heteroatoms. The van der Waals surface area contributed by atoms with Crippen LogP contribution in [0.1, 0.15) is 110 Å². The van der Waals surface area contributed by atoms with Gasteiger partial charge in [0.1, 0.15) is 24.4 Å². The van der Waals surface area contributed by atoms with Crippen LogP contribution in [0.4, 0.5) is 0 Å². The van der Waals surface area contributed by atoms with Crippen LogP contribution in [0.15, 0.2) is 37.9 Å². The van der Waals surface area contributed by atoms with Crippen molar-refractivity contribution in [2.75, 3.05) is 0 Å². The zero-order valence-corrected chi connectivity index (χ0v) is 30.1. The first-order valence-electron chi connectivity index (χ1n) is 16.6. The minimum Gasteiger partial charge on any atom is -0.486 e. The fourth-order valence-electron chi connectivity index (χ4n) is 5.40. The van der Waals surface area contributed by atoms with Crippen LogP contribution in [0.3, 0.4) is 0 Å². The summed E-state index contributed by atoms with van der Waals surface area (Å²) in [7, 11) is 0. The molecule has 0 aliphatic heterocycles. The Labute approximate surface area is 284 Å². The number of aryl methyl sites for hydroxylation is 1. The van der Waals surface area contributed by atoms with Gasteiger partial charge in [-0.1, -0.05) is 78.2 Å². The molecule has 0 aliphatic rings. The smallest absolute Gasteiger partial charge is 0.486 e. The van der Waals surface area contributed by atoms with E-state index in [-0.39, 0.29) is 30.8 Å². The third-order valence-electron chi connectivity index (χ3n) is 8.69. The molecule has 2 aromatic rings. The molecule has 1 aromatic heterocycles. The zero-order chi connectivity index (χ0) is 35.4. The SMILES string of the molecule is CCCCCC(=O)NC(Cc1ccc(OCc2oc(=O)oc2C)cc1)C(=O)NC(C(=O)NC(C)(C)CC(C)(CC)C(N)=S)C(C)CC. The Kier molecular flexibility index (Phi) is 15.2. The molecule has 1 aromatic carbocycles. The van der Waals surface area contributed by atoms with E-state index in [4.69, 9.17) is 31.5 Å². The van der Waals surface area contributed by atoms with Gasteiger partial charge < -0.3 is 35.3 Å². The number of nitrogens with one attached hydrogen (secondary N) is 3. The van der Waals surface area contributed by atoms with Gasteiger partial charge in [0.05, 0.1) is 4.99 Å². The number of hydrogen-bond donors (Lipinski definition) is 4. The summed E-state index contributed by atoms with van der Waals surface area (Å²) in [5.74, 6) is -0.773. The number of carbonyl (C=O) groups is 3. The van der Waals surface area contributed by atoms with Crippen molar-refractivity contribution < 1.29 is 28.0 Å². The monoisotopic (exact) mass is 674 g/mol. The van der Waals surface area contributed by atoms with Gasteiger partial charge in [-0.15, -0.1) is 0 Å². The van der Waals surface area contributed by atoms with Crippen LogP contribution in [0.5, 0.6) is 5.75 Å². The fourth-order valence-corrected chi connectivity index (χ4v) is 5.61. The van der Waals surface area contributed by atoms with Gasteiger partial charge in [0.25, 0.3) is 0 Å². The maximum atomic E-state index is 13.8. The Morgan fingerprint density at radius 1 is 1.00 bits per heavy atom. The minimum absolute atomic E-state index is 0.0161. The van der Waals surface area contributed by atoms with Crippen LogP contribution in [0, 0.1) is 18.3 Å². The highest BCUT2D eigenvalue weighted by Gasteiger charge is 2.37. The van der Waals surface area contributed by atoms with Gasteiger partial charge in [-0.2, -0.15) is 0 Å². The van der Waals surface area contributed by atoms with E-state index >= 15 is 0 Å². The maximum absolute atomic E-state index is 13.8. The van der Waals surface area contributed by atoms with E-state index in [9.17, 15) is 19.2 Å². The number of carbonyl (C=O) groups excluding carboxylic acids is 3. The number of benzene rings is 1. The highest BCUT2D eigenvalue weighted by Crippen LogP contribution is 2.32. The lowest BCUT2D eigenvalue weighted by atomic mass is 9.76.